The number of piperidine rings is 1. The van der Waals surface area contributed by atoms with Crippen LogP contribution >= 0.6 is 0 Å². The Morgan fingerprint density at radius 2 is 1.72 bits per heavy atom. The van der Waals surface area contributed by atoms with Gasteiger partial charge in [0.05, 0.1) is 36.4 Å². The van der Waals surface area contributed by atoms with Gasteiger partial charge in [0, 0.05) is 43.3 Å². The van der Waals surface area contributed by atoms with Crippen molar-refractivity contribution in [1.82, 2.24) is 14.0 Å². The maximum Gasteiger partial charge on any atom is 0.263 e. The molecule has 1 aliphatic carbocycles. The number of methoxy groups -OCH3 is 2. The molecule has 36 heavy (non-hydrogen) atoms. The van der Waals surface area contributed by atoms with Gasteiger partial charge >= 0.3 is 0 Å². The Labute approximate surface area is 207 Å². The second-order valence-corrected chi connectivity index (χ2v) is 10.1. The number of carbonyl (C=O) groups is 1. The molecule has 3 heterocycles. The van der Waals surface area contributed by atoms with Crippen molar-refractivity contribution in [2.24, 2.45) is 12.5 Å². The Morgan fingerprint density at radius 1 is 1.00 bits per heavy atom. The maximum absolute atomic E-state index is 14.7. The molecule has 2 aromatic carbocycles. The zero-order valence-electron chi connectivity index (χ0n) is 20.6. The predicted molar refractivity (Wildman–Crippen MR) is 136 cm³/mol. The van der Waals surface area contributed by atoms with E-state index in [-0.39, 0.29) is 16.9 Å². The van der Waals surface area contributed by atoms with Gasteiger partial charge in [0.2, 0.25) is 0 Å². The van der Waals surface area contributed by atoms with Gasteiger partial charge in [-0.1, -0.05) is 0 Å². The van der Waals surface area contributed by atoms with Crippen LogP contribution in [0.4, 0.5) is 4.39 Å². The van der Waals surface area contributed by atoms with Crippen LogP contribution in [0.1, 0.15) is 36.0 Å². The highest BCUT2D eigenvalue weighted by Crippen LogP contribution is 2.52. The number of rotatable bonds is 4. The average molecular weight is 490 g/mol. The Kier molecular flexibility index (Phi) is 5.10. The Balaban J connectivity index is 1.62. The molecule has 1 spiro atoms. The minimum atomic E-state index is -0.460. The van der Waals surface area contributed by atoms with Crippen LogP contribution in [0.15, 0.2) is 47.5 Å². The molecular weight excluding hydrogens is 461 g/mol. The molecule has 8 heteroatoms. The van der Waals surface area contributed by atoms with Gasteiger partial charge < -0.3 is 18.9 Å². The molecule has 4 aromatic rings. The molecule has 6 rings (SSSR count). The van der Waals surface area contributed by atoms with E-state index in [2.05, 4.69) is 0 Å². The molecule has 0 N–H and O–H groups in total. The molecule has 0 radical (unpaired) electrons. The zero-order valence-corrected chi connectivity index (χ0v) is 20.6. The third-order valence-electron chi connectivity index (χ3n) is 7.86. The second kappa shape index (κ2) is 8.11. The minimum Gasteiger partial charge on any atom is -0.493 e. The smallest absolute Gasteiger partial charge is 0.263 e. The monoisotopic (exact) mass is 489 g/mol. The van der Waals surface area contributed by atoms with Crippen molar-refractivity contribution >= 4 is 27.6 Å². The Morgan fingerprint density at radius 3 is 2.42 bits per heavy atom. The van der Waals surface area contributed by atoms with Crippen LogP contribution in [0.3, 0.4) is 0 Å². The number of amides is 1. The van der Waals surface area contributed by atoms with E-state index in [9.17, 15) is 14.0 Å². The summed E-state index contributed by atoms with van der Waals surface area (Å²) >= 11 is 0. The maximum atomic E-state index is 14.7. The lowest BCUT2D eigenvalue weighted by molar-refractivity contribution is 0.0656. The van der Waals surface area contributed by atoms with E-state index in [1.807, 2.05) is 24.2 Å². The number of carbonyl (C=O) groups excluding carboxylic acids is 1. The van der Waals surface area contributed by atoms with Gasteiger partial charge in [-0.15, -0.1) is 0 Å². The number of hydrogen-bond acceptors (Lipinski definition) is 4. The number of aryl methyl sites for hydroxylation is 1. The normalized spacial score (nSPS) is 16.6. The lowest BCUT2D eigenvalue weighted by atomic mass is 9.94. The summed E-state index contributed by atoms with van der Waals surface area (Å²) in [7, 11) is 4.85. The van der Waals surface area contributed by atoms with Crippen molar-refractivity contribution < 1.29 is 18.7 Å². The average Bonchev–Trinajstić information content (AvgIpc) is 3.53. The Bertz CT molecular complexity index is 1600. The van der Waals surface area contributed by atoms with E-state index in [0.29, 0.717) is 51.0 Å². The van der Waals surface area contributed by atoms with Gasteiger partial charge in [0.1, 0.15) is 5.82 Å². The van der Waals surface area contributed by atoms with Crippen molar-refractivity contribution in [2.75, 3.05) is 27.3 Å². The third-order valence-corrected chi connectivity index (χ3v) is 7.86. The number of likely N-dealkylation sites (tertiary alicyclic amines) is 1. The van der Waals surface area contributed by atoms with E-state index in [0.717, 1.165) is 32.2 Å². The van der Waals surface area contributed by atoms with E-state index in [4.69, 9.17) is 9.47 Å². The number of pyridine rings is 1. The summed E-state index contributed by atoms with van der Waals surface area (Å²) in [6.45, 7) is 1.40. The van der Waals surface area contributed by atoms with Gasteiger partial charge in [0.25, 0.3) is 11.5 Å². The van der Waals surface area contributed by atoms with Crippen LogP contribution in [0.2, 0.25) is 0 Å². The van der Waals surface area contributed by atoms with Crippen molar-refractivity contribution in [3.63, 3.8) is 0 Å². The minimum absolute atomic E-state index is 0.132. The summed E-state index contributed by atoms with van der Waals surface area (Å²) in [5.74, 6) is 0.229. The number of hydrogen-bond donors (Lipinski definition) is 0. The standard InChI is InChI=1S/C28H28FN3O4/c1-30-10-5-18-22(30)11-17(29)12-23(18)32-15-21(26(33)31-9-4-6-28(16-31)7-8-28)19-13-24(35-2)25(36-3)14-20(19)27(32)34/h5,10-15H,4,6-9,16H2,1-3H3. The number of halogens is 1. The van der Waals surface area contributed by atoms with Crippen LogP contribution in [0, 0.1) is 11.2 Å². The fourth-order valence-electron chi connectivity index (χ4n) is 5.67. The van der Waals surface area contributed by atoms with Crippen LogP contribution in [-0.2, 0) is 7.05 Å². The molecule has 1 saturated carbocycles. The third kappa shape index (κ3) is 3.46. The molecule has 1 amide bonds. The van der Waals surface area contributed by atoms with E-state index in [1.165, 1.54) is 30.9 Å². The van der Waals surface area contributed by atoms with E-state index in [1.54, 1.807) is 22.9 Å². The SMILES string of the molecule is COc1cc2c(C(=O)N3CCCC4(CC4)C3)cn(-c3cc(F)cc4c3ccn4C)c(=O)c2cc1OC. The van der Waals surface area contributed by atoms with Crippen molar-refractivity contribution in [2.45, 2.75) is 25.7 Å². The molecule has 7 nitrogen and oxygen atoms in total. The van der Waals surface area contributed by atoms with E-state index < -0.39 is 5.82 Å². The molecule has 2 aliphatic rings. The molecule has 0 unspecified atom stereocenters. The van der Waals surface area contributed by atoms with Crippen LogP contribution in [0.25, 0.3) is 27.4 Å². The lowest BCUT2D eigenvalue weighted by Gasteiger charge is -2.33. The first kappa shape index (κ1) is 22.6. The van der Waals surface area contributed by atoms with Gasteiger partial charge in [-0.3, -0.25) is 14.2 Å². The molecular formula is C28H28FN3O4. The number of fused-ring (bicyclic) bond motifs is 2. The Hall–Kier alpha value is -3.81. The molecule has 1 aliphatic heterocycles. The first-order valence-corrected chi connectivity index (χ1v) is 12.2. The fraction of sp³-hybridized carbons (Fsp3) is 0.357. The zero-order chi connectivity index (χ0) is 25.2. The van der Waals surface area contributed by atoms with Crippen molar-refractivity contribution in [3.8, 4) is 17.2 Å². The number of aromatic nitrogens is 2. The van der Waals surface area contributed by atoms with Crippen molar-refractivity contribution in [1.29, 1.82) is 0 Å². The highest BCUT2D eigenvalue weighted by atomic mass is 19.1. The number of ether oxygens (including phenoxy) is 2. The summed E-state index contributed by atoms with van der Waals surface area (Å²) < 4.78 is 28.8. The highest BCUT2D eigenvalue weighted by molar-refractivity contribution is 6.07. The molecule has 0 atom stereocenters. The van der Waals surface area contributed by atoms with Crippen LogP contribution < -0.4 is 15.0 Å². The summed E-state index contributed by atoms with van der Waals surface area (Å²) in [5, 5.41) is 1.52. The van der Waals surface area contributed by atoms with Crippen LogP contribution in [0.5, 0.6) is 11.5 Å². The topological polar surface area (TPSA) is 65.7 Å². The largest absolute Gasteiger partial charge is 0.493 e. The lowest BCUT2D eigenvalue weighted by Crippen LogP contribution is -2.41. The summed E-state index contributed by atoms with van der Waals surface area (Å²) in [4.78, 5) is 29.7. The number of nitrogens with zero attached hydrogens (tertiary/aromatic N) is 3. The first-order chi connectivity index (χ1) is 17.3. The quantitative estimate of drug-likeness (QED) is 0.419. The first-order valence-electron chi connectivity index (χ1n) is 12.2. The second-order valence-electron chi connectivity index (χ2n) is 10.1. The summed E-state index contributed by atoms with van der Waals surface area (Å²) in [6, 6.07) is 7.91. The molecule has 0 bridgehead atoms. The molecule has 1 saturated heterocycles. The molecule has 186 valence electrons. The number of benzene rings is 2. The highest BCUT2D eigenvalue weighted by Gasteiger charge is 2.46. The van der Waals surface area contributed by atoms with Gasteiger partial charge in [-0.05, 0) is 61.4 Å². The molecule has 2 aromatic heterocycles. The van der Waals surface area contributed by atoms with Crippen LogP contribution in [-0.4, -0.2) is 47.3 Å². The van der Waals surface area contributed by atoms with Gasteiger partial charge in [-0.2, -0.15) is 0 Å². The fourth-order valence-corrected chi connectivity index (χ4v) is 5.67. The van der Waals surface area contributed by atoms with E-state index >= 15 is 0 Å². The summed E-state index contributed by atoms with van der Waals surface area (Å²) in [6.07, 6.45) is 7.80. The molecule has 2 fully saturated rings. The van der Waals surface area contributed by atoms with Gasteiger partial charge in [-0.25, -0.2) is 4.39 Å². The van der Waals surface area contributed by atoms with Crippen molar-refractivity contribution in [3.05, 3.63) is 64.5 Å². The summed E-state index contributed by atoms with van der Waals surface area (Å²) in [5.41, 5.74) is 1.31. The van der Waals surface area contributed by atoms with Gasteiger partial charge in [0.15, 0.2) is 11.5 Å². The predicted octanol–water partition coefficient (Wildman–Crippen LogP) is 4.65.